The molecule has 0 heterocycles. The largest absolute Gasteiger partial charge is 0.478 e. The summed E-state index contributed by atoms with van der Waals surface area (Å²) in [5, 5.41) is 11.1. The molecule has 0 spiro atoms. The van der Waals surface area contributed by atoms with Gasteiger partial charge in [-0.1, -0.05) is 24.3 Å². The van der Waals surface area contributed by atoms with Crippen LogP contribution >= 0.6 is 0 Å². The molecule has 0 amide bonds. The molecular formula is C17H19NO2. The van der Waals surface area contributed by atoms with E-state index in [1.807, 2.05) is 30.3 Å². The van der Waals surface area contributed by atoms with Crippen LogP contribution in [0.4, 0.5) is 5.69 Å². The van der Waals surface area contributed by atoms with Crippen molar-refractivity contribution in [3.8, 4) is 0 Å². The quantitative estimate of drug-likeness (QED) is 0.918. The number of benzene rings is 2. The van der Waals surface area contributed by atoms with Gasteiger partial charge in [0.2, 0.25) is 0 Å². The fourth-order valence-corrected chi connectivity index (χ4v) is 2.89. The van der Waals surface area contributed by atoms with E-state index in [1.54, 1.807) is 6.07 Å². The topological polar surface area (TPSA) is 40.5 Å². The summed E-state index contributed by atoms with van der Waals surface area (Å²) < 4.78 is 0. The third-order valence-corrected chi connectivity index (χ3v) is 4.43. The van der Waals surface area contributed by atoms with E-state index in [4.69, 9.17) is 0 Å². The van der Waals surface area contributed by atoms with Crippen molar-refractivity contribution in [1.82, 2.24) is 0 Å². The van der Waals surface area contributed by atoms with Crippen LogP contribution in [0.2, 0.25) is 0 Å². The van der Waals surface area contributed by atoms with Gasteiger partial charge < -0.3 is 10.0 Å². The molecule has 3 heteroatoms. The number of hydrogen-bond acceptors (Lipinski definition) is 2. The maximum atomic E-state index is 11.3. The van der Waals surface area contributed by atoms with E-state index in [2.05, 4.69) is 18.9 Å². The first-order valence-corrected chi connectivity index (χ1v) is 7.07. The SMILES string of the molecule is CC(C1CC1)N(C)c1ccc(C(=O)O)c2ccccc12. The zero-order valence-electron chi connectivity index (χ0n) is 11.8. The number of nitrogens with zero attached hydrogens (tertiary/aromatic N) is 1. The minimum Gasteiger partial charge on any atom is -0.478 e. The van der Waals surface area contributed by atoms with Crippen LogP contribution < -0.4 is 4.90 Å². The van der Waals surface area contributed by atoms with Crippen LogP contribution in [0, 0.1) is 5.92 Å². The highest BCUT2D eigenvalue weighted by molar-refractivity contribution is 6.07. The van der Waals surface area contributed by atoms with Crippen molar-refractivity contribution in [3.63, 3.8) is 0 Å². The van der Waals surface area contributed by atoms with E-state index in [1.165, 1.54) is 12.8 Å². The van der Waals surface area contributed by atoms with Crippen molar-refractivity contribution in [2.24, 2.45) is 5.92 Å². The van der Waals surface area contributed by atoms with Crippen LogP contribution in [-0.2, 0) is 0 Å². The molecule has 3 rings (SSSR count). The first kappa shape index (κ1) is 13.0. The lowest BCUT2D eigenvalue weighted by atomic mass is 10.0. The molecule has 2 aromatic rings. The molecule has 1 unspecified atom stereocenters. The van der Waals surface area contributed by atoms with Crippen LogP contribution in [0.1, 0.15) is 30.1 Å². The number of carboxylic acid groups (broad SMARTS) is 1. The Morgan fingerprint density at radius 3 is 2.45 bits per heavy atom. The minimum absolute atomic E-state index is 0.372. The van der Waals surface area contributed by atoms with E-state index in [-0.39, 0.29) is 0 Å². The molecule has 1 fully saturated rings. The summed E-state index contributed by atoms with van der Waals surface area (Å²) in [5.41, 5.74) is 1.49. The standard InChI is InChI=1S/C17H19NO2/c1-11(12-7-8-12)18(2)16-10-9-15(17(19)20)13-5-3-4-6-14(13)16/h3-6,9-12H,7-8H2,1-2H3,(H,19,20). The fraction of sp³-hybridized carbons (Fsp3) is 0.353. The van der Waals surface area contributed by atoms with Gasteiger partial charge in [-0.3, -0.25) is 0 Å². The maximum absolute atomic E-state index is 11.3. The van der Waals surface area contributed by atoms with Gasteiger partial charge in [0.25, 0.3) is 0 Å². The molecule has 1 saturated carbocycles. The first-order chi connectivity index (χ1) is 9.59. The van der Waals surface area contributed by atoms with Gasteiger partial charge in [-0.05, 0) is 43.2 Å². The molecule has 1 atom stereocenters. The second-order valence-electron chi connectivity index (χ2n) is 5.67. The average Bonchev–Trinajstić information content (AvgIpc) is 3.29. The molecule has 20 heavy (non-hydrogen) atoms. The summed E-state index contributed by atoms with van der Waals surface area (Å²) in [4.78, 5) is 13.6. The van der Waals surface area contributed by atoms with Crippen LogP contribution in [0.15, 0.2) is 36.4 Å². The molecule has 0 bridgehead atoms. The molecule has 1 aliphatic rings. The number of carboxylic acids is 1. The van der Waals surface area contributed by atoms with Crippen LogP contribution in [0.5, 0.6) is 0 Å². The zero-order chi connectivity index (χ0) is 14.3. The Bertz CT molecular complexity index is 661. The Kier molecular flexibility index (Phi) is 3.13. The van der Waals surface area contributed by atoms with E-state index in [9.17, 15) is 9.90 Å². The number of anilines is 1. The Balaban J connectivity index is 2.12. The average molecular weight is 269 g/mol. The van der Waals surface area contributed by atoms with Crippen LogP contribution in [-0.4, -0.2) is 24.2 Å². The normalized spacial score (nSPS) is 16.1. The summed E-state index contributed by atoms with van der Waals surface area (Å²) in [6.45, 7) is 2.25. The minimum atomic E-state index is -0.870. The van der Waals surface area contributed by atoms with Gasteiger partial charge in [0.15, 0.2) is 0 Å². The molecule has 104 valence electrons. The van der Waals surface area contributed by atoms with Crippen molar-refractivity contribution >= 4 is 22.4 Å². The third kappa shape index (κ3) is 2.13. The predicted octanol–water partition coefficient (Wildman–Crippen LogP) is 3.77. The van der Waals surface area contributed by atoms with Crippen molar-refractivity contribution in [2.75, 3.05) is 11.9 Å². The lowest BCUT2D eigenvalue weighted by Gasteiger charge is -2.28. The number of rotatable bonds is 4. The van der Waals surface area contributed by atoms with Crippen molar-refractivity contribution in [1.29, 1.82) is 0 Å². The van der Waals surface area contributed by atoms with Crippen molar-refractivity contribution in [2.45, 2.75) is 25.8 Å². The zero-order valence-corrected chi connectivity index (χ0v) is 11.8. The lowest BCUT2D eigenvalue weighted by molar-refractivity contribution is 0.0699. The highest BCUT2D eigenvalue weighted by Crippen LogP contribution is 2.38. The Morgan fingerprint density at radius 1 is 1.20 bits per heavy atom. The highest BCUT2D eigenvalue weighted by atomic mass is 16.4. The molecule has 1 aliphatic carbocycles. The molecule has 1 N–H and O–H groups in total. The Morgan fingerprint density at radius 2 is 1.85 bits per heavy atom. The van der Waals surface area contributed by atoms with Gasteiger partial charge in [-0.2, -0.15) is 0 Å². The van der Waals surface area contributed by atoms with E-state index in [0.29, 0.717) is 11.6 Å². The smallest absolute Gasteiger partial charge is 0.336 e. The number of aromatic carboxylic acids is 1. The summed E-state index contributed by atoms with van der Waals surface area (Å²) >= 11 is 0. The number of fused-ring (bicyclic) bond motifs is 1. The number of hydrogen-bond donors (Lipinski definition) is 1. The van der Waals surface area contributed by atoms with Gasteiger partial charge in [0, 0.05) is 24.2 Å². The molecule has 2 aromatic carbocycles. The van der Waals surface area contributed by atoms with Crippen LogP contribution in [0.3, 0.4) is 0 Å². The lowest BCUT2D eigenvalue weighted by Crippen LogP contribution is -2.30. The van der Waals surface area contributed by atoms with Gasteiger partial charge in [0.1, 0.15) is 0 Å². The predicted molar refractivity (Wildman–Crippen MR) is 81.5 cm³/mol. The summed E-state index contributed by atoms with van der Waals surface area (Å²) in [5.74, 6) is -0.0939. The third-order valence-electron chi connectivity index (χ3n) is 4.43. The molecule has 0 aromatic heterocycles. The number of carbonyl (C=O) groups is 1. The summed E-state index contributed by atoms with van der Waals surface area (Å²) in [6, 6.07) is 11.9. The monoisotopic (exact) mass is 269 g/mol. The molecular weight excluding hydrogens is 250 g/mol. The Labute approximate surface area is 118 Å². The van der Waals surface area contributed by atoms with Gasteiger partial charge in [-0.25, -0.2) is 4.79 Å². The van der Waals surface area contributed by atoms with E-state index < -0.39 is 5.97 Å². The first-order valence-electron chi connectivity index (χ1n) is 7.07. The van der Waals surface area contributed by atoms with Gasteiger partial charge >= 0.3 is 5.97 Å². The molecule has 0 aliphatic heterocycles. The molecule has 0 radical (unpaired) electrons. The maximum Gasteiger partial charge on any atom is 0.336 e. The van der Waals surface area contributed by atoms with Crippen molar-refractivity contribution in [3.05, 3.63) is 42.0 Å². The summed E-state index contributed by atoms with van der Waals surface area (Å²) in [7, 11) is 2.10. The second-order valence-corrected chi connectivity index (χ2v) is 5.67. The molecule has 3 nitrogen and oxygen atoms in total. The molecule has 0 saturated heterocycles. The fourth-order valence-electron chi connectivity index (χ4n) is 2.89. The van der Waals surface area contributed by atoms with Gasteiger partial charge in [-0.15, -0.1) is 0 Å². The highest BCUT2D eigenvalue weighted by Gasteiger charge is 2.31. The van der Waals surface area contributed by atoms with Crippen LogP contribution in [0.25, 0.3) is 10.8 Å². The van der Waals surface area contributed by atoms with Crippen molar-refractivity contribution < 1.29 is 9.90 Å². The van der Waals surface area contributed by atoms with E-state index >= 15 is 0 Å². The van der Waals surface area contributed by atoms with Gasteiger partial charge in [0.05, 0.1) is 5.56 Å². The summed E-state index contributed by atoms with van der Waals surface area (Å²) in [6.07, 6.45) is 2.60. The van der Waals surface area contributed by atoms with E-state index in [0.717, 1.165) is 22.4 Å². The second kappa shape index (κ2) is 4.82. The Hall–Kier alpha value is -2.03.